The Kier molecular flexibility index (Phi) is 11.1. The van der Waals surface area contributed by atoms with E-state index >= 15 is 0 Å². The van der Waals surface area contributed by atoms with Gasteiger partial charge in [-0.15, -0.1) is 0 Å². The molecule has 2 N–H and O–H groups in total. The van der Waals surface area contributed by atoms with Gasteiger partial charge in [0.15, 0.2) is 5.60 Å². The van der Waals surface area contributed by atoms with Crippen LogP contribution in [0.1, 0.15) is 12.8 Å². The Bertz CT molecular complexity index is 238. The van der Waals surface area contributed by atoms with Crippen LogP contribution in [0.15, 0.2) is 0 Å². The van der Waals surface area contributed by atoms with Crippen LogP contribution in [0.2, 0.25) is 0 Å². The molecule has 0 atom stereocenters. The first kappa shape index (κ1) is 20.4. The van der Waals surface area contributed by atoms with Crippen molar-refractivity contribution in [1.82, 2.24) is 0 Å². The van der Waals surface area contributed by atoms with Crippen LogP contribution in [0, 0.1) is 0 Å². The van der Waals surface area contributed by atoms with E-state index in [1.54, 1.807) is 0 Å². The van der Waals surface area contributed by atoms with Crippen molar-refractivity contribution >= 4 is 17.9 Å². The molecular formula is C6H6LiNaO7. The monoisotopic (exact) mass is 220 g/mol. The van der Waals surface area contributed by atoms with Gasteiger partial charge in [0, 0.05) is 24.8 Å². The van der Waals surface area contributed by atoms with Crippen molar-refractivity contribution < 1.29 is 83.2 Å². The molecule has 0 fully saturated rings. The third-order valence-corrected chi connectivity index (χ3v) is 1.27. The zero-order valence-corrected chi connectivity index (χ0v) is 10.3. The third-order valence-electron chi connectivity index (χ3n) is 1.27. The first-order valence-electron chi connectivity index (χ1n) is 3.13. The van der Waals surface area contributed by atoms with E-state index in [1.165, 1.54) is 0 Å². The average Bonchev–Trinajstić information content (AvgIpc) is 1.82. The Morgan fingerprint density at radius 3 is 1.47 bits per heavy atom. The van der Waals surface area contributed by atoms with Crippen molar-refractivity contribution in [2.24, 2.45) is 0 Å². The first-order chi connectivity index (χ1) is 5.78. The van der Waals surface area contributed by atoms with Crippen LogP contribution in [0.25, 0.3) is 0 Å². The summed E-state index contributed by atoms with van der Waals surface area (Å²) in [6.45, 7) is 0. The number of hydrogen-bond donors (Lipinski definition) is 2. The van der Waals surface area contributed by atoms with Crippen LogP contribution < -0.4 is 58.6 Å². The predicted molar refractivity (Wildman–Crippen MR) is 31.8 cm³/mol. The molecule has 7 nitrogen and oxygen atoms in total. The van der Waals surface area contributed by atoms with Crippen molar-refractivity contribution in [2.75, 3.05) is 0 Å². The molecule has 9 heteroatoms. The van der Waals surface area contributed by atoms with E-state index in [2.05, 4.69) is 0 Å². The van der Waals surface area contributed by atoms with E-state index < -0.39 is 36.4 Å². The van der Waals surface area contributed by atoms with E-state index in [1.807, 2.05) is 0 Å². The van der Waals surface area contributed by atoms with E-state index in [4.69, 9.17) is 10.2 Å². The van der Waals surface area contributed by atoms with Gasteiger partial charge in [0.05, 0.1) is 0 Å². The Labute approximate surface area is 119 Å². The van der Waals surface area contributed by atoms with Gasteiger partial charge in [-0.05, 0) is 0 Å². The Balaban J connectivity index is -0.000000720. The quantitative estimate of drug-likeness (QED) is 0.438. The normalized spacial score (nSPS) is 9.40. The molecule has 0 radical (unpaired) electrons. The molecule has 0 aliphatic heterocycles. The minimum atomic E-state index is -2.86. The fourth-order valence-corrected chi connectivity index (χ4v) is 0.691. The number of carboxylic acid groups (broad SMARTS) is 3. The molecule has 0 aromatic rings. The van der Waals surface area contributed by atoms with Crippen LogP contribution in [0.5, 0.6) is 0 Å². The minimum Gasteiger partial charge on any atom is -0.550 e. The average molecular weight is 220 g/mol. The van der Waals surface area contributed by atoms with Gasteiger partial charge in [0.2, 0.25) is 0 Å². The molecule has 0 aromatic heterocycles. The second-order valence-corrected chi connectivity index (χ2v) is 2.43. The Hall–Kier alpha value is -0.0326. The van der Waals surface area contributed by atoms with Crippen LogP contribution in [0.4, 0.5) is 0 Å². The Morgan fingerprint density at radius 2 is 1.33 bits per heavy atom. The molecule has 0 aromatic carbocycles. The van der Waals surface area contributed by atoms with E-state index in [0.717, 1.165) is 0 Å². The van der Waals surface area contributed by atoms with E-state index in [9.17, 15) is 24.6 Å². The Morgan fingerprint density at radius 1 is 1.07 bits per heavy atom. The summed E-state index contributed by atoms with van der Waals surface area (Å²) < 4.78 is 0. The SMILES string of the molecule is O=C([O-])CC(O)(CC(=O)[O-])C(=O)O.[Li+].[Na+]. The van der Waals surface area contributed by atoms with Gasteiger partial charge in [-0.3, -0.25) is 0 Å². The van der Waals surface area contributed by atoms with Crippen molar-refractivity contribution in [3.8, 4) is 0 Å². The molecule has 0 aliphatic rings. The molecule has 0 saturated heterocycles. The molecule has 15 heavy (non-hydrogen) atoms. The van der Waals surface area contributed by atoms with Gasteiger partial charge < -0.3 is 30.0 Å². The number of rotatable bonds is 5. The van der Waals surface area contributed by atoms with Gasteiger partial charge in [-0.2, -0.15) is 0 Å². The maximum atomic E-state index is 10.3. The molecule has 0 aliphatic carbocycles. The molecule has 0 amide bonds. The van der Waals surface area contributed by atoms with Crippen LogP contribution >= 0.6 is 0 Å². The van der Waals surface area contributed by atoms with Crippen molar-refractivity contribution in [3.63, 3.8) is 0 Å². The summed E-state index contributed by atoms with van der Waals surface area (Å²) in [4.78, 5) is 30.2. The van der Waals surface area contributed by atoms with Crippen molar-refractivity contribution in [2.45, 2.75) is 18.4 Å². The van der Waals surface area contributed by atoms with Crippen molar-refractivity contribution in [1.29, 1.82) is 0 Å². The molecule has 74 valence electrons. The standard InChI is InChI=1S/C6H8O7.Li.Na/c7-3(8)1-6(13,5(11)12)2-4(9)10;;/h13H,1-2H2,(H,7,8)(H,9,10)(H,11,12);;/q;2*+1/p-2. The second kappa shape index (κ2) is 8.16. The molecule has 0 spiro atoms. The van der Waals surface area contributed by atoms with Gasteiger partial charge in [-0.25, -0.2) is 4.79 Å². The van der Waals surface area contributed by atoms with E-state index in [-0.39, 0.29) is 48.4 Å². The summed E-state index contributed by atoms with van der Waals surface area (Å²) in [5, 5.41) is 37.2. The summed E-state index contributed by atoms with van der Waals surface area (Å²) in [7, 11) is 0. The molecule has 0 unspecified atom stereocenters. The first-order valence-corrected chi connectivity index (χ1v) is 3.13. The van der Waals surface area contributed by atoms with Gasteiger partial charge in [-0.1, -0.05) is 0 Å². The summed E-state index contributed by atoms with van der Waals surface area (Å²) >= 11 is 0. The summed E-state index contributed by atoms with van der Waals surface area (Å²) in [5.74, 6) is -5.65. The predicted octanol–water partition coefficient (Wildman–Crippen LogP) is -9.91. The smallest absolute Gasteiger partial charge is 0.550 e. The number of carbonyl (C=O) groups excluding carboxylic acids is 2. The molecule has 0 saturated carbocycles. The fraction of sp³-hybridized carbons (Fsp3) is 0.500. The summed E-state index contributed by atoms with van der Waals surface area (Å²) in [6, 6.07) is 0. The maximum absolute atomic E-state index is 10.3. The second-order valence-electron chi connectivity index (χ2n) is 2.43. The largest absolute Gasteiger partial charge is 1.00 e. The van der Waals surface area contributed by atoms with Gasteiger partial charge in [0.25, 0.3) is 0 Å². The zero-order valence-electron chi connectivity index (χ0n) is 8.35. The number of aliphatic carboxylic acids is 3. The molecule has 0 heterocycles. The molecular weight excluding hydrogens is 214 g/mol. The van der Waals surface area contributed by atoms with Crippen molar-refractivity contribution in [3.05, 3.63) is 0 Å². The number of aliphatic hydroxyl groups is 1. The van der Waals surface area contributed by atoms with Gasteiger partial charge >= 0.3 is 54.4 Å². The number of carbonyl (C=O) groups is 3. The molecule has 0 rings (SSSR count). The summed E-state index contributed by atoms with van der Waals surface area (Å²) in [5.41, 5.74) is -2.86. The van der Waals surface area contributed by atoms with Crippen LogP contribution in [-0.4, -0.2) is 33.7 Å². The third kappa shape index (κ3) is 7.85. The van der Waals surface area contributed by atoms with Gasteiger partial charge in [0.1, 0.15) is 0 Å². The fourth-order valence-electron chi connectivity index (χ4n) is 0.691. The van der Waals surface area contributed by atoms with Crippen LogP contribution in [-0.2, 0) is 14.4 Å². The zero-order chi connectivity index (χ0) is 10.6. The minimum absolute atomic E-state index is 0. The maximum Gasteiger partial charge on any atom is 1.00 e. The molecule has 0 bridgehead atoms. The number of hydrogen-bond acceptors (Lipinski definition) is 6. The van der Waals surface area contributed by atoms with E-state index in [0.29, 0.717) is 0 Å². The van der Waals surface area contributed by atoms with Crippen LogP contribution in [0.3, 0.4) is 0 Å². The number of carboxylic acids is 3. The summed E-state index contributed by atoms with van der Waals surface area (Å²) in [6.07, 6.45) is -2.59. The topological polar surface area (TPSA) is 138 Å².